The van der Waals surface area contributed by atoms with Gasteiger partial charge in [0.05, 0.1) is 36.2 Å². The molecule has 0 aliphatic carbocycles. The highest BCUT2D eigenvalue weighted by Crippen LogP contribution is 2.20. The summed E-state index contributed by atoms with van der Waals surface area (Å²) in [5, 5.41) is 16.1. The number of carbonyl (C=O) groups excluding carboxylic acids is 1. The van der Waals surface area contributed by atoms with Crippen LogP contribution < -0.4 is 5.32 Å². The predicted molar refractivity (Wildman–Crippen MR) is 122 cm³/mol. The second-order valence-electron chi connectivity index (χ2n) is 7.12. The Balaban J connectivity index is 1.83. The van der Waals surface area contributed by atoms with E-state index in [2.05, 4.69) is 15.5 Å². The fourth-order valence-electron chi connectivity index (χ4n) is 2.90. The monoisotopic (exact) mass is 498 g/mol. The summed E-state index contributed by atoms with van der Waals surface area (Å²) < 4.78 is 36.5. The Morgan fingerprint density at radius 3 is 2.79 bits per heavy atom. The summed E-state index contributed by atoms with van der Waals surface area (Å²) in [6, 6.07) is 5.70. The standard InChI is InChI=1S/C20H26N4O7S2/c1-24(8-9-25)33(27,28)17-5-3-14(4-6-17)18(23-31-15-7-10-30-12-15)19(26)22-20-21-11-16(32-20)13-29-2/h3-6,11,15,25H,7-10,12-13H2,1-2H3,(H,21,22,26)/t15-/m1/s1. The number of amides is 1. The SMILES string of the molecule is COCc1cnc(NC(=O)C(=NO[C@@H]2CCOC2)c2ccc(S(=O)(=O)N(C)CCO)cc2)s1. The second-order valence-corrected chi connectivity index (χ2v) is 10.3. The number of aromatic nitrogens is 1. The van der Waals surface area contributed by atoms with Crippen molar-refractivity contribution < 1.29 is 32.6 Å². The number of carbonyl (C=O) groups is 1. The molecule has 1 amide bonds. The molecule has 0 spiro atoms. The van der Waals surface area contributed by atoms with Crippen LogP contribution in [-0.4, -0.2) is 81.1 Å². The average molecular weight is 499 g/mol. The van der Waals surface area contributed by atoms with Crippen molar-refractivity contribution in [3.05, 3.63) is 40.9 Å². The van der Waals surface area contributed by atoms with E-state index >= 15 is 0 Å². The molecule has 11 nitrogen and oxygen atoms in total. The third kappa shape index (κ3) is 6.56. The van der Waals surface area contributed by atoms with Gasteiger partial charge in [0.2, 0.25) is 10.0 Å². The van der Waals surface area contributed by atoms with Crippen molar-refractivity contribution in [1.82, 2.24) is 9.29 Å². The Hall–Kier alpha value is -2.42. The number of ether oxygens (including phenoxy) is 2. The lowest BCUT2D eigenvalue weighted by Crippen LogP contribution is -2.29. The molecule has 0 saturated carbocycles. The summed E-state index contributed by atoms with van der Waals surface area (Å²) in [7, 11) is -0.830. The number of aliphatic hydroxyl groups is 1. The molecule has 3 rings (SSSR count). The predicted octanol–water partition coefficient (Wildman–Crippen LogP) is 1.05. The number of sulfonamides is 1. The molecule has 13 heteroatoms. The summed E-state index contributed by atoms with van der Waals surface area (Å²) in [6.45, 7) is 0.974. The minimum Gasteiger partial charge on any atom is -0.395 e. The van der Waals surface area contributed by atoms with Crippen molar-refractivity contribution in [3.63, 3.8) is 0 Å². The van der Waals surface area contributed by atoms with Gasteiger partial charge in [0, 0.05) is 38.9 Å². The maximum absolute atomic E-state index is 13.0. The molecule has 33 heavy (non-hydrogen) atoms. The van der Waals surface area contributed by atoms with Crippen LogP contribution in [0.2, 0.25) is 0 Å². The highest BCUT2D eigenvalue weighted by Gasteiger charge is 2.23. The number of oxime groups is 1. The molecule has 1 aliphatic heterocycles. The quantitative estimate of drug-likeness (QED) is 0.346. The number of hydrogen-bond acceptors (Lipinski definition) is 10. The zero-order valence-corrected chi connectivity index (χ0v) is 19.9. The molecule has 0 radical (unpaired) electrons. The smallest absolute Gasteiger partial charge is 0.280 e. The van der Waals surface area contributed by atoms with Gasteiger partial charge in [0.1, 0.15) is 0 Å². The van der Waals surface area contributed by atoms with E-state index in [-0.39, 0.29) is 29.9 Å². The molecular weight excluding hydrogens is 472 g/mol. The number of anilines is 1. The van der Waals surface area contributed by atoms with Gasteiger partial charge in [-0.05, 0) is 12.1 Å². The summed E-state index contributed by atoms with van der Waals surface area (Å²) >= 11 is 1.27. The van der Waals surface area contributed by atoms with Crippen LogP contribution in [-0.2, 0) is 35.7 Å². The maximum Gasteiger partial charge on any atom is 0.280 e. The third-order valence-electron chi connectivity index (χ3n) is 4.71. The van der Waals surface area contributed by atoms with Crippen molar-refractivity contribution >= 4 is 38.1 Å². The zero-order valence-electron chi connectivity index (χ0n) is 18.3. The van der Waals surface area contributed by atoms with Gasteiger partial charge in [-0.25, -0.2) is 13.4 Å². The Morgan fingerprint density at radius 2 is 2.15 bits per heavy atom. The molecule has 1 fully saturated rings. The van der Waals surface area contributed by atoms with Gasteiger partial charge in [-0.15, -0.1) is 0 Å². The number of thiazole rings is 1. The van der Waals surface area contributed by atoms with Gasteiger partial charge in [-0.3, -0.25) is 10.1 Å². The average Bonchev–Trinajstić information content (AvgIpc) is 3.47. The van der Waals surface area contributed by atoms with Crippen LogP contribution in [0, 0.1) is 0 Å². The maximum atomic E-state index is 13.0. The Labute approximate surface area is 196 Å². The number of aliphatic hydroxyl groups excluding tert-OH is 1. The van der Waals surface area contributed by atoms with Gasteiger partial charge < -0.3 is 19.4 Å². The van der Waals surface area contributed by atoms with E-state index in [0.29, 0.717) is 36.9 Å². The van der Waals surface area contributed by atoms with Gasteiger partial charge >= 0.3 is 0 Å². The molecule has 1 aromatic heterocycles. The molecule has 180 valence electrons. The first-order chi connectivity index (χ1) is 15.8. The third-order valence-corrected chi connectivity index (χ3v) is 7.46. The Kier molecular flexibility index (Phi) is 8.88. The topological polar surface area (TPSA) is 140 Å². The number of rotatable bonds is 11. The van der Waals surface area contributed by atoms with Gasteiger partial charge in [-0.1, -0.05) is 28.6 Å². The van der Waals surface area contributed by atoms with Gasteiger partial charge in [0.15, 0.2) is 16.9 Å². The number of benzene rings is 1. The molecule has 1 atom stereocenters. The summed E-state index contributed by atoms with van der Waals surface area (Å²) in [5.41, 5.74) is 0.335. The first-order valence-electron chi connectivity index (χ1n) is 10.1. The number of nitrogens with zero attached hydrogens (tertiary/aromatic N) is 3. The molecule has 0 bridgehead atoms. The number of methoxy groups -OCH3 is 1. The minimum absolute atomic E-state index is 0.0243. The highest BCUT2D eigenvalue weighted by atomic mass is 32.2. The number of likely N-dealkylation sites (N-methyl/N-ethyl adjacent to an activating group) is 1. The lowest BCUT2D eigenvalue weighted by Gasteiger charge is -2.16. The summed E-state index contributed by atoms with van der Waals surface area (Å²) in [4.78, 5) is 23.5. The Bertz CT molecular complexity index is 1060. The molecule has 1 aromatic carbocycles. The van der Waals surface area contributed by atoms with Crippen LogP contribution in [0.25, 0.3) is 0 Å². The van der Waals surface area contributed by atoms with Gasteiger partial charge in [-0.2, -0.15) is 4.31 Å². The van der Waals surface area contributed by atoms with E-state index in [9.17, 15) is 13.2 Å². The lowest BCUT2D eigenvalue weighted by atomic mass is 10.1. The van der Waals surface area contributed by atoms with Crippen LogP contribution in [0.4, 0.5) is 5.13 Å². The molecule has 1 saturated heterocycles. The van der Waals surface area contributed by atoms with E-state index in [1.165, 1.54) is 42.6 Å². The minimum atomic E-state index is -3.78. The normalized spacial score (nSPS) is 16.8. The van der Waals surface area contributed by atoms with Crippen molar-refractivity contribution in [3.8, 4) is 0 Å². The van der Waals surface area contributed by atoms with E-state index in [4.69, 9.17) is 19.4 Å². The first kappa shape index (κ1) is 25.2. The van der Waals surface area contributed by atoms with Crippen molar-refractivity contribution in [2.75, 3.05) is 45.8 Å². The number of nitrogens with one attached hydrogen (secondary N) is 1. The molecular formula is C20H26N4O7S2. The summed E-state index contributed by atoms with van der Waals surface area (Å²) in [6.07, 6.45) is 1.99. The Morgan fingerprint density at radius 1 is 1.39 bits per heavy atom. The summed E-state index contributed by atoms with van der Waals surface area (Å²) in [5.74, 6) is -0.555. The molecule has 2 aromatic rings. The zero-order chi connectivity index (χ0) is 23.8. The van der Waals surface area contributed by atoms with Crippen LogP contribution in [0.3, 0.4) is 0 Å². The molecule has 2 heterocycles. The van der Waals surface area contributed by atoms with Crippen molar-refractivity contribution in [2.45, 2.75) is 24.0 Å². The second kappa shape index (κ2) is 11.6. The molecule has 0 unspecified atom stereocenters. The fraction of sp³-hybridized carbons (Fsp3) is 0.450. The van der Waals surface area contributed by atoms with Crippen LogP contribution in [0.5, 0.6) is 0 Å². The van der Waals surface area contributed by atoms with Crippen molar-refractivity contribution in [1.29, 1.82) is 0 Å². The van der Waals surface area contributed by atoms with E-state index in [1.807, 2.05) is 0 Å². The molecule has 1 aliphatic rings. The number of hydrogen-bond donors (Lipinski definition) is 2. The van der Waals surface area contributed by atoms with Crippen LogP contribution in [0.15, 0.2) is 40.5 Å². The van der Waals surface area contributed by atoms with E-state index in [0.717, 1.165) is 9.18 Å². The van der Waals surface area contributed by atoms with E-state index in [1.54, 1.807) is 13.3 Å². The molecule has 2 N–H and O–H groups in total. The lowest BCUT2D eigenvalue weighted by molar-refractivity contribution is -0.110. The largest absolute Gasteiger partial charge is 0.395 e. The fourth-order valence-corrected chi connectivity index (χ4v) is 4.85. The highest BCUT2D eigenvalue weighted by molar-refractivity contribution is 7.89. The van der Waals surface area contributed by atoms with E-state index < -0.39 is 15.9 Å². The van der Waals surface area contributed by atoms with Gasteiger partial charge in [0.25, 0.3) is 5.91 Å². The first-order valence-corrected chi connectivity index (χ1v) is 12.3. The van der Waals surface area contributed by atoms with Crippen molar-refractivity contribution in [2.24, 2.45) is 5.16 Å². The van der Waals surface area contributed by atoms with Crippen LogP contribution in [0.1, 0.15) is 16.9 Å². The van der Waals surface area contributed by atoms with Crippen LogP contribution >= 0.6 is 11.3 Å².